The predicted octanol–water partition coefficient (Wildman–Crippen LogP) is 10.4. The van der Waals surface area contributed by atoms with Crippen LogP contribution in [0.15, 0.2) is 45.8 Å². The fourth-order valence-corrected chi connectivity index (χ4v) is 9.77. The lowest BCUT2D eigenvalue weighted by molar-refractivity contribution is -0.141. The van der Waals surface area contributed by atoms with Crippen molar-refractivity contribution in [2.75, 3.05) is 28.4 Å². The number of allylic oxidation sites excluding steroid dienone is 4. The third-order valence-electron chi connectivity index (χ3n) is 11.9. The first kappa shape index (κ1) is 44.0. The highest BCUT2D eigenvalue weighted by Crippen LogP contribution is 2.45. The lowest BCUT2D eigenvalue weighted by Crippen LogP contribution is -2.02. The third-order valence-corrected chi connectivity index (χ3v) is 13.3. The van der Waals surface area contributed by atoms with Crippen molar-refractivity contribution in [2.45, 2.75) is 79.1 Å². The summed E-state index contributed by atoms with van der Waals surface area (Å²) in [5.74, 6) is -1.31. The molecule has 0 unspecified atom stereocenters. The number of aromatic nitrogens is 4. The number of nitrogens with one attached hydrogen (secondary N) is 2. The third kappa shape index (κ3) is 8.66. The molecule has 62 heavy (non-hydrogen) atoms. The van der Waals surface area contributed by atoms with Crippen molar-refractivity contribution in [3.8, 4) is 22.3 Å². The maximum atomic E-state index is 12.7. The van der Waals surface area contributed by atoms with Crippen LogP contribution in [0.5, 0.6) is 0 Å². The van der Waals surface area contributed by atoms with Crippen LogP contribution < -0.4 is 0 Å². The Morgan fingerprint density at radius 3 is 1.26 bits per heavy atom. The zero-order chi connectivity index (χ0) is 44.2. The van der Waals surface area contributed by atoms with E-state index >= 15 is 0 Å². The molecule has 0 saturated heterocycles. The summed E-state index contributed by atoms with van der Waals surface area (Å²) in [7, 11) is 5.55. The number of aromatic amines is 2. The number of thiophene rings is 2. The van der Waals surface area contributed by atoms with Gasteiger partial charge in [-0.1, -0.05) is 0 Å². The normalized spacial score (nSPS) is 12.5. The molecule has 2 aliphatic rings. The van der Waals surface area contributed by atoms with E-state index in [1.807, 2.05) is 30.7 Å². The van der Waals surface area contributed by atoms with Gasteiger partial charge in [0.25, 0.3) is 0 Å². The molecule has 5 aromatic rings. The van der Waals surface area contributed by atoms with Gasteiger partial charge < -0.3 is 28.9 Å². The Morgan fingerprint density at radius 2 is 0.919 bits per heavy atom. The Hall–Kier alpha value is -6.12. The van der Waals surface area contributed by atoms with Gasteiger partial charge in [0.05, 0.1) is 62.2 Å². The molecule has 14 heteroatoms. The van der Waals surface area contributed by atoms with Crippen molar-refractivity contribution in [3.05, 3.63) is 90.8 Å². The number of ether oxygens (including phenoxy) is 4. The molecule has 322 valence electrons. The van der Waals surface area contributed by atoms with E-state index in [-0.39, 0.29) is 49.6 Å². The minimum absolute atomic E-state index is 0.145. The van der Waals surface area contributed by atoms with Crippen LogP contribution in [-0.4, -0.2) is 72.3 Å². The number of aryl methyl sites for hydroxylation is 4. The molecule has 5 aromatic heterocycles. The van der Waals surface area contributed by atoms with Gasteiger partial charge in [-0.15, -0.1) is 0 Å². The van der Waals surface area contributed by atoms with E-state index in [0.717, 1.165) is 100 Å². The Labute approximate surface area is 368 Å². The standard InChI is InChI=1S/C48H50N4O8S2/c1-25-31(9-13-39(53)57-5)35-21-36-33(11-15-41(55)59-7)27(3)47(51-36)44(30-18-20-62-24-30)48-28(4)34(12-16-42(56)60-8)38(52-48)22-37-32(10-14-40(54)58-6)26(2)46(50-37)43(45(25)49-35)29-17-19-61-23-29/h17-24,49,51H,9-16H2,1-8H3. The first-order valence-electron chi connectivity index (χ1n) is 20.4. The van der Waals surface area contributed by atoms with Crippen LogP contribution in [0, 0.1) is 13.8 Å². The molecule has 7 heterocycles. The van der Waals surface area contributed by atoms with Crippen LogP contribution in [0.1, 0.15) is 97.4 Å². The Morgan fingerprint density at radius 1 is 0.548 bits per heavy atom. The summed E-state index contributed by atoms with van der Waals surface area (Å²) in [5.41, 5.74) is 17.0. The number of rotatable bonds is 14. The van der Waals surface area contributed by atoms with E-state index in [4.69, 9.17) is 28.9 Å². The van der Waals surface area contributed by atoms with Gasteiger partial charge in [-0.05, 0) is 155 Å². The molecule has 0 spiro atoms. The molecular weight excluding hydrogens is 825 g/mol. The van der Waals surface area contributed by atoms with Crippen LogP contribution in [0.3, 0.4) is 0 Å². The predicted molar refractivity (Wildman–Crippen MR) is 245 cm³/mol. The average Bonchev–Trinajstić information content (AvgIpc) is 4.15. The Bertz CT molecular complexity index is 2620. The summed E-state index contributed by atoms with van der Waals surface area (Å²) >= 11 is 3.15. The number of carbonyl (C=O) groups is 4. The minimum atomic E-state index is -0.334. The number of hydrogen-bond donors (Lipinski definition) is 2. The molecule has 0 atom stereocenters. The van der Waals surface area contributed by atoms with Gasteiger partial charge in [-0.2, -0.15) is 22.7 Å². The van der Waals surface area contributed by atoms with Gasteiger partial charge in [0.1, 0.15) is 0 Å². The molecule has 0 aliphatic carbocycles. The van der Waals surface area contributed by atoms with Gasteiger partial charge in [0, 0.05) is 47.8 Å². The van der Waals surface area contributed by atoms with Crippen molar-refractivity contribution in [2.24, 2.45) is 0 Å². The molecule has 0 saturated carbocycles. The zero-order valence-electron chi connectivity index (χ0n) is 36.3. The zero-order valence-corrected chi connectivity index (χ0v) is 37.9. The smallest absolute Gasteiger partial charge is 0.305 e. The van der Waals surface area contributed by atoms with Gasteiger partial charge in [-0.3, -0.25) is 19.2 Å². The van der Waals surface area contributed by atoms with E-state index in [2.05, 4.69) is 52.8 Å². The van der Waals surface area contributed by atoms with E-state index in [1.54, 1.807) is 22.7 Å². The molecule has 0 fully saturated rings. The molecule has 2 N–H and O–H groups in total. The van der Waals surface area contributed by atoms with Crippen LogP contribution in [0.4, 0.5) is 0 Å². The minimum Gasteiger partial charge on any atom is -0.469 e. The number of H-pyrrole nitrogens is 2. The van der Waals surface area contributed by atoms with Gasteiger partial charge in [-0.25, -0.2) is 9.97 Å². The summed E-state index contributed by atoms with van der Waals surface area (Å²) in [6, 6.07) is 8.17. The van der Waals surface area contributed by atoms with Crippen LogP contribution >= 0.6 is 22.7 Å². The van der Waals surface area contributed by atoms with Crippen molar-refractivity contribution in [3.63, 3.8) is 0 Å². The Kier molecular flexibility index (Phi) is 13.4. The first-order chi connectivity index (χ1) is 29.9. The number of nitrogens with zero attached hydrogens (tertiary/aromatic N) is 2. The van der Waals surface area contributed by atoms with Crippen molar-refractivity contribution in [1.82, 2.24) is 19.9 Å². The molecule has 0 radical (unpaired) electrons. The maximum Gasteiger partial charge on any atom is 0.305 e. The highest BCUT2D eigenvalue weighted by molar-refractivity contribution is 7.08. The summed E-state index contributed by atoms with van der Waals surface area (Å²) in [6.45, 7) is 8.17. The fourth-order valence-electron chi connectivity index (χ4n) is 8.48. The van der Waals surface area contributed by atoms with Gasteiger partial charge in [0.15, 0.2) is 0 Å². The molecular formula is C48H50N4O8S2. The summed E-state index contributed by atoms with van der Waals surface area (Å²) < 4.78 is 20.4. The largest absolute Gasteiger partial charge is 0.469 e. The monoisotopic (exact) mass is 874 g/mol. The number of hydrogen-bond acceptors (Lipinski definition) is 12. The lowest BCUT2D eigenvalue weighted by Gasteiger charge is -2.08. The molecule has 12 nitrogen and oxygen atoms in total. The highest BCUT2D eigenvalue weighted by atomic mass is 32.1. The van der Waals surface area contributed by atoms with Crippen LogP contribution in [0.2, 0.25) is 0 Å². The second-order valence-electron chi connectivity index (χ2n) is 15.3. The van der Waals surface area contributed by atoms with E-state index in [9.17, 15) is 19.2 Å². The van der Waals surface area contributed by atoms with Crippen molar-refractivity contribution < 1.29 is 38.1 Å². The average molecular weight is 875 g/mol. The van der Waals surface area contributed by atoms with Gasteiger partial charge >= 0.3 is 23.9 Å². The fraction of sp³-hybridized carbons (Fsp3) is 0.333. The molecule has 7 rings (SSSR count). The quantitative estimate of drug-likeness (QED) is 0.0811. The topological polar surface area (TPSA) is 163 Å². The van der Waals surface area contributed by atoms with Gasteiger partial charge in [0.2, 0.25) is 0 Å². The van der Waals surface area contributed by atoms with E-state index in [1.165, 1.54) is 28.4 Å². The Balaban J connectivity index is 1.71. The maximum absolute atomic E-state index is 12.7. The number of fused-ring (bicyclic) bond motifs is 8. The van der Waals surface area contributed by atoms with E-state index < -0.39 is 0 Å². The first-order valence-corrected chi connectivity index (χ1v) is 22.3. The second kappa shape index (κ2) is 18.9. The highest BCUT2D eigenvalue weighted by Gasteiger charge is 2.28. The summed E-state index contributed by atoms with van der Waals surface area (Å²) in [5, 5.41) is 8.23. The molecule has 0 amide bonds. The second-order valence-corrected chi connectivity index (χ2v) is 16.9. The van der Waals surface area contributed by atoms with Crippen molar-refractivity contribution in [1.29, 1.82) is 0 Å². The SMILES string of the molecule is COC(=O)CCC1=C(C)c2nc1cc1nc(c(-c3ccsc3)c3[nH]c(cc4[nH]c(c(C)c4CCC(=O)OC)c2-c2ccsc2)c(CCC(=O)OC)c3C)C(C)=C1CCC(=O)OC. The summed E-state index contributed by atoms with van der Waals surface area (Å²) in [6.07, 6.45) is 2.16. The molecule has 0 aromatic carbocycles. The van der Waals surface area contributed by atoms with Crippen LogP contribution in [-0.2, 0) is 51.0 Å². The molecule has 8 bridgehead atoms. The molecule has 2 aliphatic heterocycles. The number of esters is 4. The van der Waals surface area contributed by atoms with Crippen LogP contribution in [0.25, 0.3) is 66.6 Å². The van der Waals surface area contributed by atoms with Crippen molar-refractivity contribution >= 4 is 90.9 Å². The summed E-state index contributed by atoms with van der Waals surface area (Å²) in [4.78, 5) is 69.1. The lowest BCUT2D eigenvalue weighted by atomic mass is 9.94. The van der Waals surface area contributed by atoms with E-state index in [0.29, 0.717) is 37.1 Å². The number of carbonyl (C=O) groups excluding carboxylic acids is 4. The number of methoxy groups -OCH3 is 4.